The molecule has 2 aromatic carbocycles. The summed E-state index contributed by atoms with van der Waals surface area (Å²) in [5.41, 5.74) is 0.833. The molecule has 1 amide bonds. The molecule has 0 fully saturated rings. The van der Waals surface area contributed by atoms with Crippen LogP contribution >= 0.6 is 11.6 Å². The molecule has 2 rings (SSSR count). The molecule has 1 atom stereocenters. The number of hydrogen-bond donors (Lipinski definition) is 2. The van der Waals surface area contributed by atoms with E-state index in [0.29, 0.717) is 5.56 Å². The third-order valence-electron chi connectivity index (χ3n) is 3.21. The third kappa shape index (κ3) is 4.53. The molecule has 0 radical (unpaired) electrons. The molecule has 2 aromatic rings. The number of amides is 1. The lowest BCUT2D eigenvalue weighted by Gasteiger charge is -2.14. The molecule has 5 nitrogen and oxygen atoms in total. The maximum absolute atomic E-state index is 13.6. The first-order valence-corrected chi connectivity index (χ1v) is 7.45. The van der Waals surface area contributed by atoms with E-state index in [1.54, 1.807) is 12.1 Å². The average Bonchev–Trinajstić information content (AvgIpc) is 2.57. The summed E-state index contributed by atoms with van der Waals surface area (Å²) in [5.74, 6) is -2.05. The van der Waals surface area contributed by atoms with Crippen molar-refractivity contribution >= 4 is 29.2 Å². The summed E-state index contributed by atoms with van der Waals surface area (Å²) >= 11 is 5.64. The van der Waals surface area contributed by atoms with Crippen LogP contribution in [0.15, 0.2) is 42.5 Å². The fraction of sp³-hybridized carbons (Fsp3) is 0.176. The van der Waals surface area contributed by atoms with Crippen LogP contribution in [0.3, 0.4) is 0 Å². The molecule has 0 bridgehead atoms. The lowest BCUT2D eigenvalue weighted by Crippen LogP contribution is -2.30. The molecule has 0 unspecified atom stereocenters. The van der Waals surface area contributed by atoms with Crippen molar-refractivity contribution in [1.29, 1.82) is 0 Å². The highest BCUT2D eigenvalue weighted by Crippen LogP contribution is 2.19. The van der Waals surface area contributed by atoms with E-state index >= 15 is 0 Å². The number of aliphatic hydroxyl groups excluding tert-OH is 1. The summed E-state index contributed by atoms with van der Waals surface area (Å²) in [5, 5.41) is 11.5. The number of halogens is 2. The SMILES string of the molecule is C[C@H](OC(=O)c1ccc(CO)cc1)C(=O)Nc1ccc(Cl)cc1F. The first-order valence-electron chi connectivity index (χ1n) is 7.07. The van der Waals surface area contributed by atoms with Gasteiger partial charge in [0.05, 0.1) is 17.9 Å². The predicted molar refractivity (Wildman–Crippen MR) is 87.3 cm³/mol. The Kier molecular flexibility index (Phi) is 5.89. The van der Waals surface area contributed by atoms with Crippen molar-refractivity contribution in [2.24, 2.45) is 0 Å². The second-order valence-corrected chi connectivity index (χ2v) is 5.45. The van der Waals surface area contributed by atoms with Crippen LogP contribution in [-0.2, 0) is 16.1 Å². The van der Waals surface area contributed by atoms with Gasteiger partial charge in [-0.1, -0.05) is 23.7 Å². The first kappa shape index (κ1) is 17.9. The lowest BCUT2D eigenvalue weighted by molar-refractivity contribution is -0.123. The Labute approximate surface area is 143 Å². The van der Waals surface area contributed by atoms with Crippen molar-refractivity contribution in [3.8, 4) is 0 Å². The number of rotatable bonds is 5. The molecule has 0 saturated heterocycles. The molecule has 0 aliphatic rings. The molecule has 0 heterocycles. The van der Waals surface area contributed by atoms with Gasteiger partial charge in [0.15, 0.2) is 6.10 Å². The van der Waals surface area contributed by atoms with Crippen molar-refractivity contribution in [3.05, 3.63) is 64.4 Å². The van der Waals surface area contributed by atoms with Crippen molar-refractivity contribution in [1.82, 2.24) is 0 Å². The number of aliphatic hydroxyl groups is 1. The van der Waals surface area contributed by atoms with Crippen molar-refractivity contribution in [2.45, 2.75) is 19.6 Å². The molecule has 126 valence electrons. The summed E-state index contributed by atoms with van der Waals surface area (Å²) in [6.45, 7) is 1.24. The van der Waals surface area contributed by atoms with Gasteiger partial charge in [0.2, 0.25) is 0 Å². The largest absolute Gasteiger partial charge is 0.449 e. The van der Waals surface area contributed by atoms with Crippen molar-refractivity contribution in [3.63, 3.8) is 0 Å². The van der Waals surface area contributed by atoms with Gasteiger partial charge >= 0.3 is 5.97 Å². The van der Waals surface area contributed by atoms with Crippen LogP contribution in [0.1, 0.15) is 22.8 Å². The van der Waals surface area contributed by atoms with Crippen LogP contribution in [0.2, 0.25) is 5.02 Å². The minimum Gasteiger partial charge on any atom is -0.449 e. The number of anilines is 1. The highest BCUT2D eigenvalue weighted by atomic mass is 35.5. The van der Waals surface area contributed by atoms with E-state index in [4.69, 9.17) is 21.4 Å². The molecular weight excluding hydrogens is 337 g/mol. The monoisotopic (exact) mass is 351 g/mol. The fourth-order valence-electron chi connectivity index (χ4n) is 1.85. The normalized spacial score (nSPS) is 11.7. The molecule has 2 N–H and O–H groups in total. The molecule has 7 heteroatoms. The quantitative estimate of drug-likeness (QED) is 0.811. The summed E-state index contributed by atoms with van der Waals surface area (Å²) < 4.78 is 18.7. The van der Waals surface area contributed by atoms with E-state index in [-0.39, 0.29) is 22.9 Å². The van der Waals surface area contributed by atoms with Crippen molar-refractivity contribution < 1.29 is 23.8 Å². The first-order chi connectivity index (χ1) is 11.4. The predicted octanol–water partition coefficient (Wildman–Crippen LogP) is 3.16. The second kappa shape index (κ2) is 7.90. The Hall–Kier alpha value is -2.44. The Morgan fingerprint density at radius 3 is 2.50 bits per heavy atom. The highest BCUT2D eigenvalue weighted by Gasteiger charge is 2.20. The molecule has 0 aliphatic heterocycles. The number of esters is 1. The smallest absolute Gasteiger partial charge is 0.338 e. The van der Waals surface area contributed by atoms with Gasteiger partial charge < -0.3 is 15.2 Å². The molecule has 0 saturated carbocycles. The van der Waals surface area contributed by atoms with Crippen LogP contribution in [-0.4, -0.2) is 23.1 Å². The van der Waals surface area contributed by atoms with Crippen LogP contribution in [0.5, 0.6) is 0 Å². The van der Waals surface area contributed by atoms with Crippen LogP contribution in [0, 0.1) is 5.82 Å². The van der Waals surface area contributed by atoms with Gasteiger partial charge in [-0.05, 0) is 42.8 Å². The van der Waals surface area contributed by atoms with Gasteiger partial charge in [-0.3, -0.25) is 4.79 Å². The number of carbonyl (C=O) groups is 2. The molecule has 0 spiro atoms. The van der Waals surface area contributed by atoms with E-state index in [2.05, 4.69) is 5.32 Å². The average molecular weight is 352 g/mol. The van der Waals surface area contributed by atoms with Gasteiger partial charge in [-0.2, -0.15) is 0 Å². The standard InChI is InChI=1S/C17H15ClFNO4/c1-10(16(22)20-15-7-6-13(18)8-14(15)19)24-17(23)12-4-2-11(9-21)3-5-12/h2-8,10,21H,9H2,1H3,(H,20,22)/t10-/m0/s1. The summed E-state index contributed by atoms with van der Waals surface area (Å²) in [6, 6.07) is 9.93. The summed E-state index contributed by atoms with van der Waals surface area (Å²) in [6.07, 6.45) is -1.12. The van der Waals surface area contributed by atoms with E-state index in [1.165, 1.54) is 31.2 Å². The Bertz CT molecular complexity index is 749. The Balaban J connectivity index is 1.98. The minimum atomic E-state index is -1.12. The van der Waals surface area contributed by atoms with Crippen LogP contribution in [0.25, 0.3) is 0 Å². The van der Waals surface area contributed by atoms with Gasteiger partial charge in [-0.15, -0.1) is 0 Å². The van der Waals surface area contributed by atoms with Gasteiger partial charge in [-0.25, -0.2) is 9.18 Å². The second-order valence-electron chi connectivity index (χ2n) is 5.02. The number of hydrogen-bond acceptors (Lipinski definition) is 4. The van der Waals surface area contributed by atoms with Gasteiger partial charge in [0.1, 0.15) is 5.82 Å². The molecular formula is C17H15ClFNO4. The summed E-state index contributed by atoms with van der Waals surface area (Å²) in [7, 11) is 0. The highest BCUT2D eigenvalue weighted by molar-refractivity contribution is 6.30. The molecule has 24 heavy (non-hydrogen) atoms. The zero-order valence-corrected chi connectivity index (χ0v) is 13.5. The zero-order valence-electron chi connectivity index (χ0n) is 12.8. The lowest BCUT2D eigenvalue weighted by atomic mass is 10.1. The van der Waals surface area contributed by atoms with E-state index in [1.807, 2.05) is 0 Å². The maximum atomic E-state index is 13.6. The van der Waals surface area contributed by atoms with E-state index in [0.717, 1.165) is 6.07 Å². The van der Waals surface area contributed by atoms with Gasteiger partial charge in [0.25, 0.3) is 5.91 Å². The molecule has 0 aromatic heterocycles. The van der Waals surface area contributed by atoms with Gasteiger partial charge in [0, 0.05) is 5.02 Å². The fourth-order valence-corrected chi connectivity index (χ4v) is 2.01. The maximum Gasteiger partial charge on any atom is 0.338 e. The van der Waals surface area contributed by atoms with Crippen LogP contribution < -0.4 is 5.32 Å². The Morgan fingerprint density at radius 1 is 1.25 bits per heavy atom. The zero-order chi connectivity index (χ0) is 17.7. The topological polar surface area (TPSA) is 75.6 Å². The van der Waals surface area contributed by atoms with Crippen molar-refractivity contribution in [2.75, 3.05) is 5.32 Å². The van der Waals surface area contributed by atoms with E-state index < -0.39 is 23.8 Å². The molecule has 0 aliphatic carbocycles. The Morgan fingerprint density at radius 2 is 1.92 bits per heavy atom. The van der Waals surface area contributed by atoms with Crippen LogP contribution in [0.4, 0.5) is 10.1 Å². The number of carbonyl (C=O) groups excluding carboxylic acids is 2. The third-order valence-corrected chi connectivity index (χ3v) is 3.45. The number of ether oxygens (including phenoxy) is 1. The summed E-state index contributed by atoms with van der Waals surface area (Å²) in [4.78, 5) is 24.0. The minimum absolute atomic E-state index is 0.0559. The van der Waals surface area contributed by atoms with E-state index in [9.17, 15) is 14.0 Å². The number of nitrogens with one attached hydrogen (secondary N) is 1. The number of benzene rings is 2.